The van der Waals surface area contributed by atoms with Gasteiger partial charge in [0.2, 0.25) is 0 Å². The number of nitrogens with two attached hydrogens (primary N) is 1. The molecule has 1 aromatic carbocycles. The van der Waals surface area contributed by atoms with Gasteiger partial charge >= 0.3 is 0 Å². The summed E-state index contributed by atoms with van der Waals surface area (Å²) < 4.78 is 1.45. The normalized spacial score (nSPS) is 27.9. The van der Waals surface area contributed by atoms with Crippen LogP contribution >= 0.6 is 11.3 Å². The summed E-state index contributed by atoms with van der Waals surface area (Å²) in [5.41, 5.74) is 8.36. The Bertz CT molecular complexity index is 593. The molecular weight excluding hydrogens is 262 g/mol. The molecule has 2 heteroatoms. The average molecular weight is 287 g/mol. The van der Waals surface area contributed by atoms with Gasteiger partial charge in [-0.3, -0.25) is 0 Å². The molecule has 1 nitrogen and oxygen atoms in total. The summed E-state index contributed by atoms with van der Waals surface area (Å²) in [7, 11) is 0. The maximum Gasteiger partial charge on any atom is 0.0378 e. The molecule has 3 unspecified atom stereocenters. The fraction of sp³-hybridized carbons (Fsp3) is 0.556. The molecule has 0 spiro atoms. The highest BCUT2D eigenvalue weighted by Gasteiger charge is 2.35. The molecular formula is C18H25NS. The lowest BCUT2D eigenvalue weighted by molar-refractivity contribution is 0.154. The molecule has 0 saturated heterocycles. The molecule has 3 rings (SSSR count). The topological polar surface area (TPSA) is 26.0 Å². The van der Waals surface area contributed by atoms with E-state index in [1.165, 1.54) is 28.5 Å². The van der Waals surface area contributed by atoms with Crippen LogP contribution in [-0.4, -0.2) is 6.04 Å². The molecule has 2 aromatic rings. The predicted octanol–water partition coefficient (Wildman–Crippen LogP) is 5.16. The second-order valence-electron chi connectivity index (χ2n) is 7.33. The summed E-state index contributed by atoms with van der Waals surface area (Å²) in [5.74, 6) is 1.30. The van der Waals surface area contributed by atoms with Gasteiger partial charge in [-0.2, -0.15) is 0 Å². The van der Waals surface area contributed by atoms with Crippen LogP contribution in [-0.2, 0) is 0 Å². The van der Waals surface area contributed by atoms with Crippen LogP contribution < -0.4 is 5.73 Å². The van der Waals surface area contributed by atoms with E-state index < -0.39 is 0 Å². The van der Waals surface area contributed by atoms with E-state index in [2.05, 4.69) is 50.4 Å². The molecule has 1 saturated carbocycles. The minimum Gasteiger partial charge on any atom is -0.327 e. The van der Waals surface area contributed by atoms with Crippen molar-refractivity contribution in [1.82, 2.24) is 0 Å². The Morgan fingerprint density at radius 1 is 1.15 bits per heavy atom. The van der Waals surface area contributed by atoms with Crippen LogP contribution in [0.4, 0.5) is 0 Å². The second-order valence-corrected chi connectivity index (χ2v) is 8.25. The number of fused-ring (bicyclic) bond motifs is 1. The van der Waals surface area contributed by atoms with Crippen molar-refractivity contribution in [3.05, 3.63) is 35.2 Å². The van der Waals surface area contributed by atoms with Gasteiger partial charge in [0.05, 0.1) is 0 Å². The van der Waals surface area contributed by atoms with Crippen LogP contribution in [0.1, 0.15) is 51.5 Å². The van der Waals surface area contributed by atoms with E-state index >= 15 is 0 Å². The Hall–Kier alpha value is -0.860. The summed E-state index contributed by atoms with van der Waals surface area (Å²) in [4.78, 5) is 0. The van der Waals surface area contributed by atoms with Gasteiger partial charge in [0.15, 0.2) is 0 Å². The molecule has 1 heterocycles. The number of benzene rings is 1. The van der Waals surface area contributed by atoms with Crippen LogP contribution in [0.25, 0.3) is 10.1 Å². The third kappa shape index (κ3) is 2.51. The van der Waals surface area contributed by atoms with Crippen molar-refractivity contribution in [2.45, 2.75) is 52.0 Å². The van der Waals surface area contributed by atoms with E-state index in [-0.39, 0.29) is 0 Å². The monoisotopic (exact) mass is 287 g/mol. The molecule has 0 amide bonds. The van der Waals surface area contributed by atoms with E-state index in [0.717, 1.165) is 12.3 Å². The third-order valence-electron chi connectivity index (χ3n) is 5.04. The Morgan fingerprint density at radius 3 is 2.70 bits per heavy atom. The van der Waals surface area contributed by atoms with Gasteiger partial charge in [0.1, 0.15) is 0 Å². The van der Waals surface area contributed by atoms with Crippen LogP contribution in [0.2, 0.25) is 0 Å². The molecule has 1 aliphatic carbocycles. The first-order valence-corrected chi connectivity index (χ1v) is 8.56. The highest BCUT2D eigenvalue weighted by atomic mass is 32.1. The van der Waals surface area contributed by atoms with Crippen molar-refractivity contribution in [3.63, 3.8) is 0 Å². The minimum atomic E-state index is 0.321. The maximum atomic E-state index is 6.48. The van der Waals surface area contributed by atoms with Gasteiger partial charge in [-0.05, 0) is 53.0 Å². The van der Waals surface area contributed by atoms with Crippen LogP contribution in [0.3, 0.4) is 0 Å². The van der Waals surface area contributed by atoms with Gasteiger partial charge < -0.3 is 5.73 Å². The lowest BCUT2D eigenvalue weighted by Crippen LogP contribution is -2.38. The second kappa shape index (κ2) is 5.16. The van der Waals surface area contributed by atoms with E-state index in [1.54, 1.807) is 0 Å². The summed E-state index contributed by atoms with van der Waals surface area (Å²) in [6, 6.07) is 9.25. The molecule has 0 radical (unpaired) electrons. The SMILES string of the molecule is CC(C)(C)C1CCC(N)C(c2cccc3ccsc23)C1. The molecule has 2 N–H and O–H groups in total. The fourth-order valence-electron chi connectivity index (χ4n) is 3.65. The highest BCUT2D eigenvalue weighted by molar-refractivity contribution is 7.17. The summed E-state index contributed by atoms with van der Waals surface area (Å²) in [6.07, 6.45) is 3.68. The number of hydrogen-bond donors (Lipinski definition) is 1. The highest BCUT2D eigenvalue weighted by Crippen LogP contribution is 2.45. The summed E-state index contributed by atoms with van der Waals surface area (Å²) in [5, 5.41) is 3.57. The Balaban J connectivity index is 1.97. The summed E-state index contributed by atoms with van der Waals surface area (Å²) in [6.45, 7) is 7.12. The van der Waals surface area contributed by atoms with E-state index in [0.29, 0.717) is 17.4 Å². The quantitative estimate of drug-likeness (QED) is 0.770. The number of rotatable bonds is 1. The van der Waals surface area contributed by atoms with E-state index in [9.17, 15) is 0 Å². The molecule has 108 valence electrons. The zero-order valence-electron chi connectivity index (χ0n) is 12.7. The maximum absolute atomic E-state index is 6.48. The van der Waals surface area contributed by atoms with Crippen molar-refractivity contribution in [2.75, 3.05) is 0 Å². The Morgan fingerprint density at radius 2 is 1.95 bits per heavy atom. The molecule has 0 bridgehead atoms. The molecule has 3 atom stereocenters. The van der Waals surface area contributed by atoms with Crippen molar-refractivity contribution in [2.24, 2.45) is 17.1 Å². The van der Waals surface area contributed by atoms with Crippen LogP contribution in [0, 0.1) is 11.3 Å². The number of hydrogen-bond acceptors (Lipinski definition) is 2. The smallest absolute Gasteiger partial charge is 0.0378 e. The van der Waals surface area contributed by atoms with Gasteiger partial charge in [-0.15, -0.1) is 11.3 Å². The van der Waals surface area contributed by atoms with Gasteiger partial charge in [0, 0.05) is 16.7 Å². The summed E-state index contributed by atoms with van der Waals surface area (Å²) >= 11 is 1.86. The molecule has 1 fully saturated rings. The van der Waals surface area contributed by atoms with Crippen molar-refractivity contribution in [1.29, 1.82) is 0 Å². The first-order valence-electron chi connectivity index (χ1n) is 7.68. The van der Waals surface area contributed by atoms with Crippen molar-refractivity contribution < 1.29 is 0 Å². The molecule has 1 aliphatic rings. The average Bonchev–Trinajstić information content (AvgIpc) is 2.86. The Labute approximate surface area is 126 Å². The van der Waals surface area contributed by atoms with E-state index in [4.69, 9.17) is 5.73 Å². The number of thiophene rings is 1. The lowest BCUT2D eigenvalue weighted by atomic mass is 9.66. The molecule has 1 aromatic heterocycles. The predicted molar refractivity (Wildman–Crippen MR) is 89.3 cm³/mol. The van der Waals surface area contributed by atoms with Gasteiger partial charge in [-0.1, -0.05) is 39.0 Å². The van der Waals surface area contributed by atoms with E-state index in [1.807, 2.05) is 11.3 Å². The van der Waals surface area contributed by atoms with Gasteiger partial charge in [0.25, 0.3) is 0 Å². The first kappa shape index (κ1) is 14.1. The zero-order valence-corrected chi connectivity index (χ0v) is 13.5. The standard InChI is InChI=1S/C18H25NS/c1-18(2,3)13-7-8-16(19)15(11-13)14-6-4-5-12-9-10-20-17(12)14/h4-6,9-10,13,15-16H,7-8,11,19H2,1-3H3. The molecule has 20 heavy (non-hydrogen) atoms. The largest absolute Gasteiger partial charge is 0.327 e. The zero-order chi connectivity index (χ0) is 14.3. The van der Waals surface area contributed by atoms with Crippen molar-refractivity contribution in [3.8, 4) is 0 Å². The van der Waals surface area contributed by atoms with Crippen molar-refractivity contribution >= 4 is 21.4 Å². The van der Waals surface area contributed by atoms with Crippen LogP contribution in [0.15, 0.2) is 29.6 Å². The van der Waals surface area contributed by atoms with Crippen LogP contribution in [0.5, 0.6) is 0 Å². The minimum absolute atomic E-state index is 0.321. The molecule has 0 aliphatic heterocycles. The third-order valence-corrected chi connectivity index (χ3v) is 6.02. The Kier molecular flexibility index (Phi) is 3.64. The van der Waals surface area contributed by atoms with Gasteiger partial charge in [-0.25, -0.2) is 0 Å². The first-order chi connectivity index (χ1) is 9.47. The lowest BCUT2D eigenvalue weighted by Gasteiger charge is -2.41. The fourth-order valence-corrected chi connectivity index (χ4v) is 4.62.